The largest absolute Gasteiger partial charge is 0.317 e. The molecule has 22 heavy (non-hydrogen) atoms. The van der Waals surface area contributed by atoms with Crippen molar-refractivity contribution >= 4 is 22.4 Å². The molecule has 0 radical (unpaired) electrons. The molecule has 1 aliphatic carbocycles. The van der Waals surface area contributed by atoms with E-state index in [1.54, 1.807) is 11.3 Å². The fourth-order valence-electron chi connectivity index (χ4n) is 3.78. The third kappa shape index (κ3) is 4.07. The topological polar surface area (TPSA) is 54.0 Å². The number of hydrogen-bond donors (Lipinski definition) is 2. The number of aromatic nitrogens is 1. The minimum atomic E-state index is 0.135. The van der Waals surface area contributed by atoms with Crippen molar-refractivity contribution in [1.82, 2.24) is 10.3 Å². The first-order valence-corrected chi connectivity index (χ1v) is 9.49. The molecule has 1 aliphatic heterocycles. The number of thiazole rings is 1. The van der Waals surface area contributed by atoms with Crippen LogP contribution >= 0.6 is 11.3 Å². The molecule has 122 valence electrons. The first kappa shape index (κ1) is 15.9. The predicted molar refractivity (Wildman–Crippen MR) is 91.4 cm³/mol. The molecule has 2 N–H and O–H groups in total. The molecule has 5 heteroatoms. The summed E-state index contributed by atoms with van der Waals surface area (Å²) >= 11 is 1.57. The van der Waals surface area contributed by atoms with E-state index >= 15 is 0 Å². The number of nitrogens with zero attached hydrogens (tertiary/aromatic N) is 1. The highest BCUT2D eigenvalue weighted by Crippen LogP contribution is 2.39. The molecule has 0 atom stereocenters. The maximum absolute atomic E-state index is 12.3. The number of carbonyl (C=O) groups is 1. The Balaban J connectivity index is 1.54. The van der Waals surface area contributed by atoms with Gasteiger partial charge in [0.15, 0.2) is 5.13 Å². The van der Waals surface area contributed by atoms with Gasteiger partial charge < -0.3 is 10.6 Å². The molecule has 3 rings (SSSR count). The minimum absolute atomic E-state index is 0.135. The smallest absolute Gasteiger partial charge is 0.226 e. The van der Waals surface area contributed by atoms with Gasteiger partial charge in [-0.25, -0.2) is 4.98 Å². The van der Waals surface area contributed by atoms with E-state index in [-0.39, 0.29) is 11.3 Å². The average Bonchev–Trinajstić information content (AvgIpc) is 2.96. The van der Waals surface area contributed by atoms with Crippen molar-refractivity contribution in [1.29, 1.82) is 0 Å². The van der Waals surface area contributed by atoms with Gasteiger partial charge in [0.25, 0.3) is 0 Å². The average molecular weight is 321 g/mol. The van der Waals surface area contributed by atoms with E-state index in [1.807, 2.05) is 0 Å². The van der Waals surface area contributed by atoms with Gasteiger partial charge in [-0.2, -0.15) is 0 Å². The molecule has 1 amide bonds. The van der Waals surface area contributed by atoms with Gasteiger partial charge in [-0.3, -0.25) is 4.79 Å². The van der Waals surface area contributed by atoms with E-state index in [0.717, 1.165) is 36.8 Å². The zero-order valence-corrected chi connectivity index (χ0v) is 14.3. The molecule has 0 unspecified atom stereocenters. The maximum Gasteiger partial charge on any atom is 0.226 e. The normalized spacial score (nSPS) is 22.4. The van der Waals surface area contributed by atoms with Crippen molar-refractivity contribution in [2.24, 2.45) is 5.41 Å². The van der Waals surface area contributed by atoms with Gasteiger partial charge in [0, 0.05) is 17.7 Å². The van der Waals surface area contributed by atoms with Crippen molar-refractivity contribution in [2.75, 3.05) is 18.4 Å². The van der Waals surface area contributed by atoms with Crippen molar-refractivity contribution in [3.05, 3.63) is 11.1 Å². The number of anilines is 1. The van der Waals surface area contributed by atoms with Crippen LogP contribution in [0.2, 0.25) is 0 Å². The molecule has 2 aliphatic rings. The predicted octanol–water partition coefficient (Wildman–Crippen LogP) is 3.91. The Morgan fingerprint density at radius 3 is 2.82 bits per heavy atom. The van der Waals surface area contributed by atoms with E-state index in [2.05, 4.69) is 27.9 Å². The van der Waals surface area contributed by atoms with Crippen LogP contribution in [-0.4, -0.2) is 24.0 Å². The second-order valence-corrected chi connectivity index (χ2v) is 8.06. The molecule has 1 aromatic rings. The monoisotopic (exact) mass is 321 g/mol. The minimum Gasteiger partial charge on any atom is -0.317 e. The maximum atomic E-state index is 12.3. The van der Waals surface area contributed by atoms with Gasteiger partial charge in [-0.05, 0) is 44.2 Å². The molecule has 1 aromatic heterocycles. The second kappa shape index (κ2) is 7.09. The lowest BCUT2D eigenvalue weighted by Crippen LogP contribution is -2.27. The Hall–Kier alpha value is -0.940. The molecular formula is C17H27N3OS. The summed E-state index contributed by atoms with van der Waals surface area (Å²) in [5.74, 6) is 0.689. The van der Waals surface area contributed by atoms with Crippen LogP contribution in [0.4, 0.5) is 5.13 Å². The molecule has 1 saturated carbocycles. The number of amides is 1. The molecule has 1 saturated heterocycles. The fraction of sp³-hybridized carbons (Fsp3) is 0.765. The highest BCUT2D eigenvalue weighted by atomic mass is 32.1. The van der Waals surface area contributed by atoms with Crippen molar-refractivity contribution in [3.8, 4) is 0 Å². The number of nitrogens with one attached hydrogen (secondary N) is 2. The second-order valence-electron chi connectivity index (χ2n) is 7.20. The first-order chi connectivity index (χ1) is 10.6. The molecular weight excluding hydrogens is 294 g/mol. The van der Waals surface area contributed by atoms with Crippen LogP contribution in [0.1, 0.15) is 69.9 Å². The van der Waals surface area contributed by atoms with Gasteiger partial charge in [0.05, 0.1) is 5.69 Å². The van der Waals surface area contributed by atoms with Crippen LogP contribution in [0, 0.1) is 5.41 Å². The Kier molecular flexibility index (Phi) is 5.14. The van der Waals surface area contributed by atoms with Crippen LogP contribution < -0.4 is 10.6 Å². The Morgan fingerprint density at radius 1 is 1.36 bits per heavy atom. The zero-order chi connectivity index (χ0) is 15.4. The highest BCUT2D eigenvalue weighted by Gasteiger charge is 2.29. The summed E-state index contributed by atoms with van der Waals surface area (Å²) in [6.45, 7) is 4.40. The van der Waals surface area contributed by atoms with Crippen molar-refractivity contribution in [2.45, 2.75) is 64.2 Å². The lowest BCUT2D eigenvalue weighted by Gasteiger charge is -2.32. The quantitative estimate of drug-likeness (QED) is 0.884. The van der Waals surface area contributed by atoms with Gasteiger partial charge in [-0.1, -0.05) is 26.2 Å². The summed E-state index contributed by atoms with van der Waals surface area (Å²) in [5, 5.41) is 9.30. The van der Waals surface area contributed by atoms with Crippen LogP contribution in [0.5, 0.6) is 0 Å². The van der Waals surface area contributed by atoms with E-state index in [4.69, 9.17) is 0 Å². The van der Waals surface area contributed by atoms with Gasteiger partial charge in [0.2, 0.25) is 5.91 Å². The Morgan fingerprint density at radius 2 is 2.09 bits per heavy atom. The molecule has 0 bridgehead atoms. The molecule has 2 heterocycles. The third-order valence-electron chi connectivity index (χ3n) is 5.17. The first-order valence-electron chi connectivity index (χ1n) is 8.61. The highest BCUT2D eigenvalue weighted by molar-refractivity contribution is 7.13. The van der Waals surface area contributed by atoms with Crippen LogP contribution in [-0.2, 0) is 4.79 Å². The fourth-order valence-corrected chi connectivity index (χ4v) is 4.59. The van der Waals surface area contributed by atoms with Crippen LogP contribution in [0.3, 0.4) is 0 Å². The van der Waals surface area contributed by atoms with E-state index in [0.29, 0.717) is 12.3 Å². The lowest BCUT2D eigenvalue weighted by atomic mass is 9.73. The summed E-state index contributed by atoms with van der Waals surface area (Å²) in [6.07, 6.45) is 9.14. The van der Waals surface area contributed by atoms with Crippen LogP contribution in [0.15, 0.2) is 5.38 Å². The summed E-state index contributed by atoms with van der Waals surface area (Å²) in [6, 6.07) is 0. The summed E-state index contributed by atoms with van der Waals surface area (Å²) < 4.78 is 0. The van der Waals surface area contributed by atoms with Gasteiger partial charge in [-0.15, -0.1) is 11.3 Å². The number of piperidine rings is 1. The lowest BCUT2D eigenvalue weighted by molar-refractivity contribution is -0.118. The third-order valence-corrected chi connectivity index (χ3v) is 5.95. The molecule has 0 aromatic carbocycles. The molecule has 4 nitrogen and oxygen atoms in total. The Bertz CT molecular complexity index is 502. The van der Waals surface area contributed by atoms with E-state index < -0.39 is 0 Å². The van der Waals surface area contributed by atoms with Crippen LogP contribution in [0.25, 0.3) is 0 Å². The van der Waals surface area contributed by atoms with Gasteiger partial charge in [0.1, 0.15) is 0 Å². The number of hydrogen-bond acceptors (Lipinski definition) is 4. The van der Waals surface area contributed by atoms with Crippen molar-refractivity contribution in [3.63, 3.8) is 0 Å². The summed E-state index contributed by atoms with van der Waals surface area (Å²) in [5.41, 5.74) is 1.35. The summed E-state index contributed by atoms with van der Waals surface area (Å²) in [4.78, 5) is 17.0. The SMILES string of the molecule is CC1(CC(=O)Nc2nc(C3CCNCC3)cs2)CCCCC1. The molecule has 0 spiro atoms. The standard InChI is InChI=1S/C17H27N3OS/c1-17(7-3-2-4-8-17)11-15(21)20-16-19-14(12-22-16)13-5-9-18-10-6-13/h12-13,18H,2-11H2,1H3,(H,19,20,21). The van der Waals surface area contributed by atoms with E-state index in [9.17, 15) is 4.79 Å². The van der Waals surface area contributed by atoms with E-state index in [1.165, 1.54) is 32.1 Å². The van der Waals surface area contributed by atoms with Crippen molar-refractivity contribution < 1.29 is 4.79 Å². The number of rotatable bonds is 4. The molecule has 2 fully saturated rings. The number of carbonyl (C=O) groups excluding carboxylic acids is 1. The zero-order valence-electron chi connectivity index (χ0n) is 13.5. The summed E-state index contributed by atoms with van der Waals surface area (Å²) in [7, 11) is 0. The van der Waals surface area contributed by atoms with Gasteiger partial charge >= 0.3 is 0 Å². The Labute approximate surface area is 137 Å².